The van der Waals surface area contributed by atoms with Gasteiger partial charge in [0, 0.05) is 13.3 Å². The van der Waals surface area contributed by atoms with Crippen molar-refractivity contribution in [2.75, 3.05) is 24.0 Å². The molecule has 13 heteroatoms. The number of anilines is 1. The highest BCUT2D eigenvalue weighted by molar-refractivity contribution is 7.90. The molecule has 144 valence electrons. The van der Waals surface area contributed by atoms with E-state index in [1.807, 2.05) is 0 Å². The first-order valence-corrected chi connectivity index (χ1v) is 9.17. The number of Topliss-reactive ketones (excluding diaryl/α,β-unsaturated/α-hetero) is 1. The first-order chi connectivity index (χ1) is 12.3. The summed E-state index contributed by atoms with van der Waals surface area (Å²) in [5, 5.41) is 4.57. The van der Waals surface area contributed by atoms with Crippen molar-refractivity contribution in [3.63, 3.8) is 0 Å². The zero-order valence-electron chi connectivity index (χ0n) is 13.9. The van der Waals surface area contributed by atoms with Crippen LogP contribution in [-0.2, 0) is 25.6 Å². The van der Waals surface area contributed by atoms with Crippen molar-refractivity contribution in [3.05, 3.63) is 35.2 Å². The Labute approximate surface area is 150 Å². The van der Waals surface area contributed by atoms with Crippen LogP contribution in [0.1, 0.15) is 22.9 Å². The molecule has 1 aromatic carbocycles. The zero-order chi connectivity index (χ0) is 20.3. The molecule has 2 N–H and O–H groups in total. The van der Waals surface area contributed by atoms with E-state index in [1.165, 1.54) is 7.05 Å². The molecule has 0 saturated carbocycles. The minimum atomic E-state index is -4.80. The SMILES string of the molecule is CN1C(=O)C(=O)C(c2ccc(C(F)(F)F)cc2S(C)(=O)=O)c2nc(N)nn21. The Kier molecular flexibility index (Phi) is 4.02. The molecule has 1 atom stereocenters. The number of sulfone groups is 1. The fourth-order valence-electron chi connectivity index (χ4n) is 2.77. The van der Waals surface area contributed by atoms with Crippen molar-refractivity contribution in [1.82, 2.24) is 14.9 Å². The molecule has 3 rings (SSSR count). The number of nitrogens with two attached hydrogens (primary N) is 1. The summed E-state index contributed by atoms with van der Waals surface area (Å²) in [7, 11) is -2.96. The molecule has 0 aliphatic carbocycles. The molecule has 2 aromatic rings. The van der Waals surface area contributed by atoms with E-state index in [1.54, 1.807) is 0 Å². The molecule has 27 heavy (non-hydrogen) atoms. The van der Waals surface area contributed by atoms with Crippen LogP contribution in [0.4, 0.5) is 19.1 Å². The average molecular weight is 403 g/mol. The lowest BCUT2D eigenvalue weighted by Crippen LogP contribution is -2.50. The number of carbonyl (C=O) groups is 2. The largest absolute Gasteiger partial charge is 0.416 e. The summed E-state index contributed by atoms with van der Waals surface area (Å²) in [6, 6.07) is 1.89. The van der Waals surface area contributed by atoms with Crippen LogP contribution in [-0.4, -0.2) is 48.3 Å². The van der Waals surface area contributed by atoms with Crippen LogP contribution in [0.15, 0.2) is 23.1 Å². The number of rotatable bonds is 2. The van der Waals surface area contributed by atoms with Crippen LogP contribution in [0.5, 0.6) is 0 Å². The number of alkyl halides is 3. The van der Waals surface area contributed by atoms with E-state index in [0.29, 0.717) is 18.4 Å². The Balaban J connectivity index is 2.31. The number of likely N-dealkylation sites (N-methyl/N-ethyl adjacent to an activating group) is 1. The van der Waals surface area contributed by atoms with Gasteiger partial charge < -0.3 is 5.73 Å². The van der Waals surface area contributed by atoms with Gasteiger partial charge in [0.25, 0.3) is 0 Å². The van der Waals surface area contributed by atoms with Crippen LogP contribution in [0, 0.1) is 0 Å². The Morgan fingerprint density at radius 1 is 1.22 bits per heavy atom. The van der Waals surface area contributed by atoms with E-state index >= 15 is 0 Å². The van der Waals surface area contributed by atoms with Gasteiger partial charge in [0.05, 0.1) is 10.5 Å². The number of ketones is 1. The standard InChI is InChI=1S/C14H12F3N5O4S/c1-21-12(24)10(23)9(11-19-13(18)20-22(11)21)7-4-3-6(14(15,16)17)5-8(7)27(2,25)26/h3-5,9H,1-2H3,(H2,18,20). The minimum absolute atomic E-state index is 0.177. The van der Waals surface area contributed by atoms with Crippen LogP contribution < -0.4 is 10.7 Å². The third-order valence-corrected chi connectivity index (χ3v) is 5.14. The van der Waals surface area contributed by atoms with Crippen molar-refractivity contribution < 1.29 is 31.2 Å². The lowest BCUT2D eigenvalue weighted by molar-refractivity contribution is -0.138. The predicted molar refractivity (Wildman–Crippen MR) is 85.0 cm³/mol. The molecule has 0 bridgehead atoms. The maximum Gasteiger partial charge on any atom is 0.416 e. The van der Waals surface area contributed by atoms with Crippen LogP contribution in [0.2, 0.25) is 0 Å². The van der Waals surface area contributed by atoms with E-state index in [4.69, 9.17) is 5.73 Å². The van der Waals surface area contributed by atoms with Gasteiger partial charge in [-0.05, 0) is 17.7 Å². The molecular formula is C14H12F3N5O4S. The lowest BCUT2D eigenvalue weighted by atomic mass is 9.91. The highest BCUT2D eigenvalue weighted by atomic mass is 32.2. The third-order valence-electron chi connectivity index (χ3n) is 3.99. The van der Waals surface area contributed by atoms with E-state index in [0.717, 1.165) is 15.9 Å². The predicted octanol–water partition coefficient (Wildman–Crippen LogP) is 0.0916. The number of nitrogens with zero attached hydrogens (tertiary/aromatic N) is 4. The Hall–Kier alpha value is -2.96. The van der Waals surface area contributed by atoms with Crippen molar-refractivity contribution in [2.24, 2.45) is 0 Å². The van der Waals surface area contributed by atoms with Crippen LogP contribution in [0.25, 0.3) is 0 Å². The molecule has 0 spiro atoms. The maximum absolute atomic E-state index is 13.0. The first kappa shape index (κ1) is 18.8. The van der Waals surface area contributed by atoms with Crippen molar-refractivity contribution in [3.8, 4) is 0 Å². The number of nitrogen functional groups attached to an aromatic ring is 1. The summed E-state index contributed by atoms with van der Waals surface area (Å²) in [5.41, 5.74) is 3.97. The molecule has 1 aliphatic rings. The smallest absolute Gasteiger partial charge is 0.366 e. The van der Waals surface area contributed by atoms with Gasteiger partial charge in [-0.2, -0.15) is 22.9 Å². The van der Waals surface area contributed by atoms with Gasteiger partial charge >= 0.3 is 12.1 Å². The number of hydrogen-bond acceptors (Lipinski definition) is 7. The molecule has 1 aromatic heterocycles. The number of amides is 1. The highest BCUT2D eigenvalue weighted by Gasteiger charge is 2.43. The average Bonchev–Trinajstić information content (AvgIpc) is 2.92. The number of hydrogen-bond donors (Lipinski definition) is 1. The molecule has 9 nitrogen and oxygen atoms in total. The van der Waals surface area contributed by atoms with Gasteiger partial charge in [0.15, 0.2) is 15.7 Å². The van der Waals surface area contributed by atoms with Crippen LogP contribution >= 0.6 is 0 Å². The summed E-state index contributed by atoms with van der Waals surface area (Å²) in [4.78, 5) is 28.7. The van der Waals surface area contributed by atoms with E-state index in [-0.39, 0.29) is 17.3 Å². The number of carbonyl (C=O) groups excluding carboxylic acids is 2. The molecule has 0 radical (unpaired) electrons. The Bertz CT molecular complexity index is 1080. The van der Waals surface area contributed by atoms with Gasteiger partial charge in [-0.1, -0.05) is 6.07 Å². The molecule has 1 amide bonds. The Morgan fingerprint density at radius 2 is 1.85 bits per heavy atom. The highest BCUT2D eigenvalue weighted by Crippen LogP contribution is 2.37. The van der Waals surface area contributed by atoms with Gasteiger partial charge in [-0.15, -0.1) is 5.10 Å². The summed E-state index contributed by atoms with van der Waals surface area (Å²) in [5.74, 6) is -4.15. The number of halogens is 3. The second kappa shape index (κ2) is 5.77. The van der Waals surface area contributed by atoms with Gasteiger partial charge in [0.2, 0.25) is 11.7 Å². The second-order valence-electron chi connectivity index (χ2n) is 5.87. The fourth-order valence-corrected chi connectivity index (χ4v) is 3.73. The fraction of sp³-hybridized carbons (Fsp3) is 0.286. The lowest BCUT2D eigenvalue weighted by Gasteiger charge is -2.28. The monoisotopic (exact) mass is 403 g/mol. The second-order valence-corrected chi connectivity index (χ2v) is 7.85. The Morgan fingerprint density at radius 3 is 2.41 bits per heavy atom. The summed E-state index contributed by atoms with van der Waals surface area (Å²) in [6.45, 7) is 0. The zero-order valence-corrected chi connectivity index (χ0v) is 14.7. The first-order valence-electron chi connectivity index (χ1n) is 7.28. The van der Waals surface area contributed by atoms with Gasteiger partial charge in [-0.3, -0.25) is 9.59 Å². The topological polar surface area (TPSA) is 128 Å². The number of fused-ring (bicyclic) bond motifs is 1. The van der Waals surface area contributed by atoms with Gasteiger partial charge in [0.1, 0.15) is 5.92 Å². The van der Waals surface area contributed by atoms with Crippen molar-refractivity contribution >= 4 is 27.5 Å². The van der Waals surface area contributed by atoms with E-state index in [2.05, 4.69) is 10.1 Å². The maximum atomic E-state index is 13.0. The molecule has 1 unspecified atom stereocenters. The summed E-state index contributed by atoms with van der Waals surface area (Å²) < 4.78 is 63.2. The van der Waals surface area contributed by atoms with E-state index in [9.17, 15) is 31.2 Å². The van der Waals surface area contributed by atoms with E-state index < -0.39 is 44.1 Å². The van der Waals surface area contributed by atoms with Crippen LogP contribution in [0.3, 0.4) is 0 Å². The molecule has 0 fully saturated rings. The molecule has 1 aliphatic heterocycles. The van der Waals surface area contributed by atoms with Gasteiger partial charge in [-0.25, -0.2) is 13.4 Å². The number of aromatic nitrogens is 3. The van der Waals surface area contributed by atoms with Crippen molar-refractivity contribution in [2.45, 2.75) is 17.0 Å². The third kappa shape index (κ3) is 3.03. The number of benzene rings is 1. The molecule has 0 saturated heterocycles. The molecular weight excluding hydrogens is 391 g/mol. The minimum Gasteiger partial charge on any atom is -0.366 e. The molecule has 2 heterocycles. The normalized spacial score (nSPS) is 18.0. The summed E-state index contributed by atoms with van der Waals surface area (Å²) >= 11 is 0. The summed E-state index contributed by atoms with van der Waals surface area (Å²) in [6.07, 6.45) is -4.10. The quantitative estimate of drug-likeness (QED) is 0.704. The van der Waals surface area contributed by atoms with Crippen molar-refractivity contribution in [1.29, 1.82) is 0 Å².